The Labute approximate surface area is 112 Å². The summed E-state index contributed by atoms with van der Waals surface area (Å²) in [4.78, 5) is 11.3. The largest absolute Gasteiger partial charge is 0.480 e. The molecule has 0 bridgehead atoms. The molecule has 0 saturated carbocycles. The van der Waals surface area contributed by atoms with Gasteiger partial charge in [-0.3, -0.25) is 10.1 Å². The first kappa shape index (κ1) is 13.3. The summed E-state index contributed by atoms with van der Waals surface area (Å²) in [6.07, 6.45) is 0. The van der Waals surface area contributed by atoms with Crippen LogP contribution in [-0.4, -0.2) is 11.1 Å². The van der Waals surface area contributed by atoms with Gasteiger partial charge in [-0.15, -0.1) is 0 Å². The molecule has 0 radical (unpaired) electrons. The second kappa shape index (κ2) is 6.16. The molecule has 3 heteroatoms. The van der Waals surface area contributed by atoms with Gasteiger partial charge in [-0.25, -0.2) is 0 Å². The molecule has 0 aliphatic rings. The van der Waals surface area contributed by atoms with Gasteiger partial charge in [0.2, 0.25) is 0 Å². The highest BCUT2D eigenvalue weighted by Gasteiger charge is 2.18. The van der Waals surface area contributed by atoms with Gasteiger partial charge < -0.3 is 5.11 Å². The van der Waals surface area contributed by atoms with Crippen molar-refractivity contribution in [1.29, 1.82) is 0 Å². The molecular weight excluding hydrogens is 238 g/mol. The van der Waals surface area contributed by atoms with Crippen molar-refractivity contribution in [2.75, 3.05) is 0 Å². The molecule has 3 nitrogen and oxygen atoms in total. The van der Waals surface area contributed by atoms with Crippen LogP contribution in [0.1, 0.15) is 22.7 Å². The number of nitrogens with one attached hydrogen (secondary N) is 1. The van der Waals surface area contributed by atoms with Crippen molar-refractivity contribution < 1.29 is 9.90 Å². The third-order valence-corrected chi connectivity index (χ3v) is 3.01. The van der Waals surface area contributed by atoms with E-state index in [0.717, 1.165) is 16.7 Å². The Morgan fingerprint density at radius 3 is 2.32 bits per heavy atom. The van der Waals surface area contributed by atoms with Crippen molar-refractivity contribution >= 4 is 5.97 Å². The van der Waals surface area contributed by atoms with E-state index in [4.69, 9.17) is 0 Å². The van der Waals surface area contributed by atoms with Gasteiger partial charge in [0.05, 0.1) is 0 Å². The van der Waals surface area contributed by atoms with E-state index in [9.17, 15) is 9.90 Å². The number of benzene rings is 2. The molecule has 19 heavy (non-hydrogen) atoms. The zero-order chi connectivity index (χ0) is 13.7. The SMILES string of the molecule is Cc1ccc([C@@H](NCc2ccccc2)C(=O)O)cc1. The molecule has 2 aromatic rings. The van der Waals surface area contributed by atoms with Gasteiger partial charge >= 0.3 is 5.97 Å². The van der Waals surface area contributed by atoms with E-state index in [-0.39, 0.29) is 0 Å². The Balaban J connectivity index is 2.09. The third-order valence-electron chi connectivity index (χ3n) is 3.01. The molecule has 0 fully saturated rings. The van der Waals surface area contributed by atoms with Crippen molar-refractivity contribution in [2.24, 2.45) is 0 Å². The molecule has 2 rings (SSSR count). The van der Waals surface area contributed by atoms with Crippen molar-refractivity contribution in [3.8, 4) is 0 Å². The maximum Gasteiger partial charge on any atom is 0.325 e. The molecule has 0 aliphatic carbocycles. The summed E-state index contributed by atoms with van der Waals surface area (Å²) in [7, 11) is 0. The molecular formula is C16H17NO2. The van der Waals surface area contributed by atoms with Gasteiger partial charge in [-0.1, -0.05) is 60.2 Å². The Hall–Kier alpha value is -2.13. The van der Waals surface area contributed by atoms with Crippen LogP contribution in [0.4, 0.5) is 0 Å². The molecule has 0 aromatic heterocycles. The van der Waals surface area contributed by atoms with Gasteiger partial charge in [0.1, 0.15) is 6.04 Å². The Bertz CT molecular complexity index is 534. The van der Waals surface area contributed by atoms with Crippen molar-refractivity contribution in [2.45, 2.75) is 19.5 Å². The average molecular weight is 255 g/mol. The number of aryl methyl sites for hydroxylation is 1. The molecule has 1 atom stereocenters. The van der Waals surface area contributed by atoms with Crippen LogP contribution in [0.2, 0.25) is 0 Å². The van der Waals surface area contributed by atoms with Crippen LogP contribution >= 0.6 is 0 Å². The maximum atomic E-state index is 11.3. The summed E-state index contributed by atoms with van der Waals surface area (Å²) in [5.41, 5.74) is 2.96. The molecule has 2 aromatic carbocycles. The molecule has 0 heterocycles. The zero-order valence-corrected chi connectivity index (χ0v) is 10.8. The quantitative estimate of drug-likeness (QED) is 0.863. The lowest BCUT2D eigenvalue weighted by Gasteiger charge is -2.15. The number of aliphatic carboxylic acids is 1. The van der Waals surface area contributed by atoms with E-state index in [2.05, 4.69) is 5.32 Å². The van der Waals surface area contributed by atoms with Crippen molar-refractivity contribution in [3.63, 3.8) is 0 Å². The predicted molar refractivity (Wildman–Crippen MR) is 74.8 cm³/mol. The lowest BCUT2D eigenvalue weighted by atomic mass is 10.0. The maximum absolute atomic E-state index is 11.3. The van der Waals surface area contributed by atoms with E-state index >= 15 is 0 Å². The topological polar surface area (TPSA) is 49.3 Å². The Morgan fingerprint density at radius 1 is 1.11 bits per heavy atom. The lowest BCUT2D eigenvalue weighted by molar-refractivity contribution is -0.139. The summed E-state index contributed by atoms with van der Waals surface area (Å²) in [5, 5.41) is 12.4. The molecule has 2 N–H and O–H groups in total. The number of hydrogen-bond acceptors (Lipinski definition) is 2. The summed E-state index contributed by atoms with van der Waals surface area (Å²) in [6.45, 7) is 2.52. The monoisotopic (exact) mass is 255 g/mol. The fraction of sp³-hybridized carbons (Fsp3) is 0.188. The normalized spacial score (nSPS) is 12.1. The molecule has 0 amide bonds. The number of rotatable bonds is 5. The number of carbonyl (C=O) groups is 1. The minimum atomic E-state index is -0.861. The van der Waals surface area contributed by atoms with E-state index in [1.54, 1.807) is 0 Å². The standard InChI is InChI=1S/C16H17NO2/c1-12-7-9-14(10-8-12)15(16(18)19)17-11-13-5-3-2-4-6-13/h2-10,15,17H,11H2,1H3,(H,18,19)/t15-/m1/s1. The van der Waals surface area contributed by atoms with Gasteiger partial charge in [0, 0.05) is 6.54 Å². The van der Waals surface area contributed by atoms with Gasteiger partial charge in [0.25, 0.3) is 0 Å². The van der Waals surface area contributed by atoms with E-state index < -0.39 is 12.0 Å². The number of carboxylic acids is 1. The lowest BCUT2D eigenvalue weighted by Crippen LogP contribution is -2.28. The van der Waals surface area contributed by atoms with E-state index in [0.29, 0.717) is 6.54 Å². The minimum absolute atomic E-state index is 0.533. The number of carboxylic acid groups (broad SMARTS) is 1. The summed E-state index contributed by atoms with van der Waals surface area (Å²) in [5.74, 6) is -0.861. The molecule has 0 saturated heterocycles. The Morgan fingerprint density at radius 2 is 1.74 bits per heavy atom. The van der Waals surface area contributed by atoms with Gasteiger partial charge in [-0.05, 0) is 18.1 Å². The van der Waals surface area contributed by atoms with Crippen LogP contribution in [0.5, 0.6) is 0 Å². The van der Waals surface area contributed by atoms with Crippen molar-refractivity contribution in [1.82, 2.24) is 5.32 Å². The second-order valence-corrected chi connectivity index (χ2v) is 4.55. The van der Waals surface area contributed by atoms with Crippen LogP contribution in [0, 0.1) is 6.92 Å². The fourth-order valence-electron chi connectivity index (χ4n) is 1.92. The first-order valence-electron chi connectivity index (χ1n) is 6.23. The summed E-state index contributed by atoms with van der Waals surface area (Å²) < 4.78 is 0. The molecule has 0 spiro atoms. The third kappa shape index (κ3) is 3.66. The van der Waals surface area contributed by atoms with Gasteiger partial charge in [0.15, 0.2) is 0 Å². The highest BCUT2D eigenvalue weighted by molar-refractivity contribution is 5.75. The molecule has 0 unspecified atom stereocenters. The zero-order valence-electron chi connectivity index (χ0n) is 10.8. The van der Waals surface area contributed by atoms with Crippen LogP contribution in [0.25, 0.3) is 0 Å². The van der Waals surface area contributed by atoms with E-state index in [1.165, 1.54) is 0 Å². The van der Waals surface area contributed by atoms with E-state index in [1.807, 2.05) is 61.5 Å². The van der Waals surface area contributed by atoms with Crippen LogP contribution in [-0.2, 0) is 11.3 Å². The summed E-state index contributed by atoms with van der Waals surface area (Å²) in [6, 6.07) is 16.7. The minimum Gasteiger partial charge on any atom is -0.480 e. The van der Waals surface area contributed by atoms with Crippen molar-refractivity contribution in [3.05, 3.63) is 71.3 Å². The first-order chi connectivity index (χ1) is 9.16. The smallest absolute Gasteiger partial charge is 0.325 e. The fourth-order valence-corrected chi connectivity index (χ4v) is 1.92. The first-order valence-corrected chi connectivity index (χ1v) is 6.23. The molecule has 98 valence electrons. The summed E-state index contributed by atoms with van der Waals surface area (Å²) >= 11 is 0. The second-order valence-electron chi connectivity index (χ2n) is 4.55. The highest BCUT2D eigenvalue weighted by Crippen LogP contribution is 2.15. The molecule has 0 aliphatic heterocycles. The van der Waals surface area contributed by atoms with Crippen LogP contribution in [0.15, 0.2) is 54.6 Å². The Kier molecular flexibility index (Phi) is 4.31. The predicted octanol–water partition coefficient (Wildman–Crippen LogP) is 2.91. The van der Waals surface area contributed by atoms with Gasteiger partial charge in [-0.2, -0.15) is 0 Å². The highest BCUT2D eigenvalue weighted by atomic mass is 16.4. The van der Waals surface area contributed by atoms with Crippen LogP contribution < -0.4 is 5.32 Å². The average Bonchev–Trinajstić information content (AvgIpc) is 2.42. The number of hydrogen-bond donors (Lipinski definition) is 2. The van der Waals surface area contributed by atoms with Crippen LogP contribution in [0.3, 0.4) is 0 Å².